The number of fused-ring (bicyclic) bond motifs is 2. The van der Waals surface area contributed by atoms with Gasteiger partial charge >= 0.3 is 0 Å². The SMILES string of the molecule is CC(C)CNCCCN1CCN(CCCNc2c3ccccc3nc3ccccc23)CC1. The second-order valence-corrected chi connectivity index (χ2v) is 9.44. The Hall–Kier alpha value is -2.21. The second kappa shape index (κ2) is 11.6. The molecule has 0 spiro atoms. The van der Waals surface area contributed by atoms with E-state index in [1.165, 1.54) is 55.6 Å². The summed E-state index contributed by atoms with van der Waals surface area (Å²) in [6.45, 7) is 15.0. The molecule has 2 aromatic carbocycles. The lowest BCUT2D eigenvalue weighted by molar-refractivity contribution is 0.131. The summed E-state index contributed by atoms with van der Waals surface area (Å²) < 4.78 is 0. The summed E-state index contributed by atoms with van der Waals surface area (Å²) in [6.07, 6.45) is 2.41. The number of pyridine rings is 1. The van der Waals surface area contributed by atoms with E-state index in [2.05, 4.69) is 82.8 Å². The summed E-state index contributed by atoms with van der Waals surface area (Å²) in [5.41, 5.74) is 3.34. The van der Waals surface area contributed by atoms with Gasteiger partial charge in [0.1, 0.15) is 0 Å². The minimum atomic E-state index is 0.740. The fourth-order valence-corrected chi connectivity index (χ4v) is 4.60. The van der Waals surface area contributed by atoms with E-state index in [1.54, 1.807) is 0 Å². The fraction of sp³-hybridized carbons (Fsp3) is 0.519. The smallest absolute Gasteiger partial charge is 0.0730 e. The largest absolute Gasteiger partial charge is 0.384 e. The summed E-state index contributed by atoms with van der Waals surface area (Å²) in [4.78, 5) is 10.1. The molecular weight excluding hydrogens is 394 g/mol. The van der Waals surface area contributed by atoms with Crippen molar-refractivity contribution < 1.29 is 0 Å². The van der Waals surface area contributed by atoms with E-state index in [0.29, 0.717) is 0 Å². The van der Waals surface area contributed by atoms with Crippen LogP contribution in [-0.4, -0.2) is 73.7 Å². The third-order valence-corrected chi connectivity index (χ3v) is 6.39. The van der Waals surface area contributed by atoms with Gasteiger partial charge in [-0.25, -0.2) is 4.98 Å². The van der Waals surface area contributed by atoms with Crippen molar-refractivity contribution in [3.05, 3.63) is 48.5 Å². The van der Waals surface area contributed by atoms with Gasteiger partial charge in [0.15, 0.2) is 0 Å². The first kappa shape index (κ1) is 23.0. The lowest BCUT2D eigenvalue weighted by atomic mass is 10.1. The molecule has 0 bridgehead atoms. The van der Waals surface area contributed by atoms with Crippen molar-refractivity contribution in [1.29, 1.82) is 0 Å². The molecule has 5 heteroatoms. The Morgan fingerprint density at radius 3 is 1.88 bits per heavy atom. The van der Waals surface area contributed by atoms with Crippen molar-refractivity contribution >= 4 is 27.5 Å². The number of benzene rings is 2. The highest BCUT2D eigenvalue weighted by Gasteiger charge is 2.16. The number of para-hydroxylation sites is 2. The first-order valence-electron chi connectivity index (χ1n) is 12.4. The highest BCUT2D eigenvalue weighted by Crippen LogP contribution is 2.30. The molecule has 5 nitrogen and oxygen atoms in total. The van der Waals surface area contributed by atoms with E-state index in [-0.39, 0.29) is 0 Å². The summed E-state index contributed by atoms with van der Waals surface area (Å²) >= 11 is 0. The van der Waals surface area contributed by atoms with Crippen molar-refractivity contribution in [1.82, 2.24) is 20.1 Å². The Bertz CT molecular complexity index is 924. The number of anilines is 1. The molecule has 0 atom stereocenters. The third kappa shape index (κ3) is 6.18. The van der Waals surface area contributed by atoms with Gasteiger partial charge in [-0.3, -0.25) is 0 Å². The monoisotopic (exact) mass is 433 g/mol. The Kier molecular flexibility index (Phi) is 8.32. The predicted octanol–water partition coefficient (Wildman–Crippen LogP) is 4.44. The van der Waals surface area contributed by atoms with Crippen LogP contribution >= 0.6 is 0 Å². The van der Waals surface area contributed by atoms with Crippen molar-refractivity contribution in [2.24, 2.45) is 5.92 Å². The van der Waals surface area contributed by atoms with Gasteiger partial charge in [0.05, 0.1) is 16.7 Å². The van der Waals surface area contributed by atoms with Gasteiger partial charge in [-0.05, 0) is 57.1 Å². The van der Waals surface area contributed by atoms with E-state index in [1.807, 2.05) is 0 Å². The molecule has 0 saturated carbocycles. The van der Waals surface area contributed by atoms with Crippen molar-refractivity contribution in [2.75, 3.05) is 64.2 Å². The van der Waals surface area contributed by atoms with Crippen LogP contribution in [0.15, 0.2) is 48.5 Å². The van der Waals surface area contributed by atoms with Crippen molar-refractivity contribution in [3.63, 3.8) is 0 Å². The van der Waals surface area contributed by atoms with Crippen LogP contribution in [0.1, 0.15) is 26.7 Å². The van der Waals surface area contributed by atoms with Gasteiger partial charge in [-0.1, -0.05) is 50.2 Å². The molecule has 1 fully saturated rings. The summed E-state index contributed by atoms with van der Waals surface area (Å²) in [5, 5.41) is 9.72. The van der Waals surface area contributed by atoms with Gasteiger partial charge < -0.3 is 20.4 Å². The lowest BCUT2D eigenvalue weighted by Gasteiger charge is -2.34. The van der Waals surface area contributed by atoms with E-state index >= 15 is 0 Å². The Labute approximate surface area is 193 Å². The van der Waals surface area contributed by atoms with Gasteiger partial charge in [-0.2, -0.15) is 0 Å². The fourth-order valence-electron chi connectivity index (χ4n) is 4.60. The molecule has 2 N–H and O–H groups in total. The zero-order valence-corrected chi connectivity index (χ0v) is 19.8. The zero-order chi connectivity index (χ0) is 22.2. The van der Waals surface area contributed by atoms with Gasteiger partial charge in [0.2, 0.25) is 0 Å². The molecule has 172 valence electrons. The number of aromatic nitrogens is 1. The van der Waals surface area contributed by atoms with Crippen LogP contribution < -0.4 is 10.6 Å². The molecule has 0 radical (unpaired) electrons. The quantitative estimate of drug-likeness (QED) is 0.346. The van der Waals surface area contributed by atoms with Crippen LogP contribution in [0, 0.1) is 5.92 Å². The molecule has 2 heterocycles. The van der Waals surface area contributed by atoms with E-state index in [4.69, 9.17) is 4.98 Å². The number of hydrogen-bond donors (Lipinski definition) is 2. The standard InChI is InChI=1S/C27H39N5/c1-22(2)21-28-13-7-15-31-17-19-32(20-18-31)16-8-14-29-27-23-9-3-5-11-25(23)30-26-12-6-4-10-24(26)27/h3-6,9-12,22,28H,7-8,13-21H2,1-2H3,(H,29,30). The molecule has 1 saturated heterocycles. The van der Waals surface area contributed by atoms with Gasteiger partial charge in [0.25, 0.3) is 0 Å². The molecule has 1 aliphatic rings. The topological polar surface area (TPSA) is 43.4 Å². The minimum absolute atomic E-state index is 0.740. The molecule has 32 heavy (non-hydrogen) atoms. The molecule has 1 aliphatic heterocycles. The summed E-state index contributed by atoms with van der Waals surface area (Å²) in [5.74, 6) is 0.740. The van der Waals surface area contributed by atoms with Crippen LogP contribution in [-0.2, 0) is 0 Å². The van der Waals surface area contributed by atoms with Crippen LogP contribution in [0.3, 0.4) is 0 Å². The number of hydrogen-bond acceptors (Lipinski definition) is 5. The Morgan fingerprint density at radius 2 is 1.31 bits per heavy atom. The van der Waals surface area contributed by atoms with Gasteiger partial charge in [0, 0.05) is 43.5 Å². The molecule has 4 rings (SSSR count). The highest BCUT2D eigenvalue weighted by molar-refractivity contribution is 6.07. The van der Waals surface area contributed by atoms with Crippen LogP contribution in [0.5, 0.6) is 0 Å². The van der Waals surface area contributed by atoms with Crippen molar-refractivity contribution in [3.8, 4) is 0 Å². The summed E-state index contributed by atoms with van der Waals surface area (Å²) in [7, 11) is 0. The molecule has 0 unspecified atom stereocenters. The van der Waals surface area contributed by atoms with E-state index in [9.17, 15) is 0 Å². The molecule has 3 aromatic rings. The third-order valence-electron chi connectivity index (χ3n) is 6.39. The maximum Gasteiger partial charge on any atom is 0.0730 e. The van der Waals surface area contributed by atoms with Crippen molar-refractivity contribution in [2.45, 2.75) is 26.7 Å². The highest BCUT2D eigenvalue weighted by atomic mass is 15.3. The first-order valence-corrected chi connectivity index (χ1v) is 12.4. The van der Waals surface area contributed by atoms with Crippen LogP contribution in [0.25, 0.3) is 21.8 Å². The second-order valence-electron chi connectivity index (χ2n) is 9.44. The minimum Gasteiger partial charge on any atom is -0.384 e. The number of nitrogens with zero attached hydrogens (tertiary/aromatic N) is 3. The van der Waals surface area contributed by atoms with E-state index in [0.717, 1.165) is 49.6 Å². The first-order chi connectivity index (χ1) is 15.7. The Morgan fingerprint density at radius 1 is 0.781 bits per heavy atom. The van der Waals surface area contributed by atoms with Crippen LogP contribution in [0.2, 0.25) is 0 Å². The normalized spacial score (nSPS) is 15.7. The molecule has 0 amide bonds. The maximum atomic E-state index is 4.83. The molecular formula is C27H39N5. The summed E-state index contributed by atoms with van der Waals surface area (Å²) in [6, 6.07) is 16.9. The van der Waals surface area contributed by atoms with Gasteiger partial charge in [-0.15, -0.1) is 0 Å². The maximum absolute atomic E-state index is 4.83. The average Bonchev–Trinajstić information content (AvgIpc) is 2.81. The lowest BCUT2D eigenvalue weighted by Crippen LogP contribution is -2.47. The van der Waals surface area contributed by atoms with Crippen LogP contribution in [0.4, 0.5) is 5.69 Å². The zero-order valence-electron chi connectivity index (χ0n) is 19.8. The molecule has 0 aliphatic carbocycles. The number of piperazine rings is 1. The number of nitrogens with one attached hydrogen (secondary N) is 2. The van der Waals surface area contributed by atoms with E-state index < -0.39 is 0 Å². The average molecular weight is 434 g/mol. The Balaban J connectivity index is 1.21. The predicted molar refractivity (Wildman–Crippen MR) is 138 cm³/mol. The number of rotatable bonds is 11. The molecule has 1 aromatic heterocycles.